The van der Waals surface area contributed by atoms with E-state index in [0.29, 0.717) is 0 Å². The Morgan fingerprint density at radius 1 is 0.667 bits per heavy atom. The number of rotatable bonds is 3. The lowest BCUT2D eigenvalue weighted by molar-refractivity contribution is 0.666. The molecule has 0 aliphatic carbocycles. The van der Waals surface area contributed by atoms with Crippen molar-refractivity contribution >= 4 is 43.7 Å². The van der Waals surface area contributed by atoms with Crippen LogP contribution in [-0.2, 0) is 0 Å². The monoisotopic (exact) mass is 465 g/mol. The van der Waals surface area contributed by atoms with Gasteiger partial charge >= 0.3 is 0 Å². The van der Waals surface area contributed by atoms with Crippen molar-refractivity contribution in [3.8, 4) is 17.1 Å². The number of para-hydroxylation sites is 3. The molecular weight excluding hydrogens is 446 g/mol. The van der Waals surface area contributed by atoms with Crippen LogP contribution >= 0.6 is 0 Å². The second-order valence-electron chi connectivity index (χ2n) is 8.92. The van der Waals surface area contributed by atoms with Crippen molar-refractivity contribution in [3.63, 3.8) is 0 Å². The van der Waals surface area contributed by atoms with E-state index < -0.39 is 0 Å². The molecule has 6 heteroatoms. The highest BCUT2D eigenvalue weighted by atomic mass is 16.3. The first kappa shape index (κ1) is 19.2. The van der Waals surface area contributed by atoms with E-state index in [1.54, 1.807) is 11.0 Å². The Morgan fingerprint density at radius 3 is 2.22 bits per heavy atom. The summed E-state index contributed by atoms with van der Waals surface area (Å²) in [6, 6.07) is 31.8. The molecule has 4 aromatic heterocycles. The maximum absolute atomic E-state index is 6.51. The summed E-state index contributed by atoms with van der Waals surface area (Å²) >= 11 is 0. The molecule has 0 atom stereocenters. The molecule has 0 unspecified atom stereocenters. The van der Waals surface area contributed by atoms with Gasteiger partial charge in [0.05, 0.1) is 22.4 Å². The molecule has 8 aromatic rings. The molecule has 0 amide bonds. The second kappa shape index (κ2) is 7.20. The van der Waals surface area contributed by atoms with Crippen LogP contribution in [0.3, 0.4) is 0 Å². The topological polar surface area (TPSA) is 53.7 Å². The lowest BCUT2D eigenvalue weighted by atomic mass is 10.1. The third-order valence-electron chi connectivity index (χ3n) is 6.94. The SMILES string of the molecule is c1cc(-n2c3ccccc3c3ccccc32)c2oc3ccc(-n4ccc(-n5cncn5)c4)cc3c2c1. The first-order valence-electron chi connectivity index (χ1n) is 11.8. The Balaban J connectivity index is 1.35. The van der Waals surface area contributed by atoms with Gasteiger partial charge in [-0.25, -0.2) is 9.67 Å². The molecule has 0 saturated heterocycles. The van der Waals surface area contributed by atoms with Crippen LogP contribution in [0.25, 0.3) is 60.8 Å². The smallest absolute Gasteiger partial charge is 0.159 e. The van der Waals surface area contributed by atoms with Crippen molar-refractivity contribution in [3.05, 3.63) is 116 Å². The third-order valence-corrected chi connectivity index (χ3v) is 6.94. The van der Waals surface area contributed by atoms with Crippen LogP contribution < -0.4 is 0 Å². The van der Waals surface area contributed by atoms with Crippen molar-refractivity contribution in [2.24, 2.45) is 0 Å². The minimum atomic E-state index is 0.866. The minimum absolute atomic E-state index is 0.866. The van der Waals surface area contributed by atoms with Crippen molar-refractivity contribution in [1.29, 1.82) is 0 Å². The van der Waals surface area contributed by atoms with Gasteiger partial charge in [-0.05, 0) is 42.5 Å². The largest absolute Gasteiger partial charge is 0.454 e. The van der Waals surface area contributed by atoms with E-state index in [1.165, 1.54) is 28.1 Å². The van der Waals surface area contributed by atoms with Gasteiger partial charge in [0.25, 0.3) is 0 Å². The Labute approximate surface area is 205 Å². The second-order valence-corrected chi connectivity index (χ2v) is 8.92. The van der Waals surface area contributed by atoms with E-state index in [-0.39, 0.29) is 0 Å². The van der Waals surface area contributed by atoms with Gasteiger partial charge in [-0.15, -0.1) is 0 Å². The summed E-state index contributed by atoms with van der Waals surface area (Å²) in [5, 5.41) is 8.88. The number of hydrogen-bond donors (Lipinski definition) is 0. The number of fused-ring (bicyclic) bond motifs is 6. The molecule has 0 aliphatic heterocycles. The molecule has 6 nitrogen and oxygen atoms in total. The minimum Gasteiger partial charge on any atom is -0.454 e. The number of benzene rings is 4. The van der Waals surface area contributed by atoms with Crippen molar-refractivity contribution in [2.75, 3.05) is 0 Å². The quantitative estimate of drug-likeness (QED) is 0.281. The molecule has 4 aromatic carbocycles. The van der Waals surface area contributed by atoms with Crippen LogP contribution in [0.5, 0.6) is 0 Å². The Bertz CT molecular complexity index is 2000. The molecule has 0 N–H and O–H groups in total. The first-order chi connectivity index (χ1) is 17.8. The van der Waals surface area contributed by atoms with Crippen LogP contribution in [-0.4, -0.2) is 23.9 Å². The highest BCUT2D eigenvalue weighted by molar-refractivity contribution is 6.12. The summed E-state index contributed by atoms with van der Waals surface area (Å²) in [6.07, 6.45) is 7.31. The lowest BCUT2D eigenvalue weighted by Crippen LogP contribution is -1.94. The fourth-order valence-electron chi connectivity index (χ4n) is 5.31. The fraction of sp³-hybridized carbons (Fsp3) is 0. The fourth-order valence-corrected chi connectivity index (χ4v) is 5.31. The molecule has 170 valence electrons. The zero-order valence-corrected chi connectivity index (χ0v) is 19.1. The molecule has 0 radical (unpaired) electrons. The van der Waals surface area contributed by atoms with E-state index in [2.05, 4.69) is 104 Å². The van der Waals surface area contributed by atoms with Crippen LogP contribution in [0.1, 0.15) is 0 Å². The average molecular weight is 466 g/mol. The molecule has 36 heavy (non-hydrogen) atoms. The predicted octanol–water partition coefficient (Wildman–Crippen LogP) is 7.05. The van der Waals surface area contributed by atoms with Gasteiger partial charge in [0.15, 0.2) is 5.58 Å². The third kappa shape index (κ3) is 2.66. The highest BCUT2D eigenvalue weighted by Gasteiger charge is 2.17. The van der Waals surface area contributed by atoms with Crippen LogP contribution in [0, 0.1) is 0 Å². The molecule has 0 bridgehead atoms. The molecule has 4 heterocycles. The van der Waals surface area contributed by atoms with Gasteiger partial charge in [-0.2, -0.15) is 5.10 Å². The van der Waals surface area contributed by atoms with E-state index in [1.807, 2.05) is 18.5 Å². The normalized spacial score (nSPS) is 11.9. The molecule has 8 rings (SSSR count). The summed E-state index contributed by atoms with van der Waals surface area (Å²) in [5.74, 6) is 0. The predicted molar refractivity (Wildman–Crippen MR) is 142 cm³/mol. The Kier molecular flexibility index (Phi) is 3.85. The average Bonchev–Trinajstić information content (AvgIpc) is 3.72. The van der Waals surface area contributed by atoms with Crippen LogP contribution in [0.15, 0.2) is 120 Å². The van der Waals surface area contributed by atoms with E-state index in [4.69, 9.17) is 4.42 Å². The Hall–Kier alpha value is -5.10. The summed E-state index contributed by atoms with van der Waals surface area (Å²) in [4.78, 5) is 4.04. The van der Waals surface area contributed by atoms with E-state index in [9.17, 15) is 0 Å². The highest BCUT2D eigenvalue weighted by Crippen LogP contribution is 2.38. The van der Waals surface area contributed by atoms with E-state index in [0.717, 1.165) is 39.0 Å². The van der Waals surface area contributed by atoms with Crippen molar-refractivity contribution < 1.29 is 4.42 Å². The zero-order chi connectivity index (χ0) is 23.6. The van der Waals surface area contributed by atoms with E-state index >= 15 is 0 Å². The Morgan fingerprint density at radius 2 is 1.44 bits per heavy atom. The maximum atomic E-state index is 6.51. The van der Waals surface area contributed by atoms with Gasteiger partial charge in [-0.1, -0.05) is 48.5 Å². The summed E-state index contributed by atoms with van der Waals surface area (Å²) in [7, 11) is 0. The molecule has 0 fully saturated rings. The van der Waals surface area contributed by atoms with Gasteiger partial charge in [0.2, 0.25) is 0 Å². The summed E-state index contributed by atoms with van der Waals surface area (Å²) in [5.41, 5.74) is 7.13. The van der Waals surface area contributed by atoms with Crippen molar-refractivity contribution in [2.45, 2.75) is 0 Å². The summed E-state index contributed by atoms with van der Waals surface area (Å²) < 4.78 is 12.7. The van der Waals surface area contributed by atoms with Crippen LogP contribution in [0.2, 0.25) is 0 Å². The number of hydrogen-bond acceptors (Lipinski definition) is 3. The van der Waals surface area contributed by atoms with Crippen LogP contribution in [0.4, 0.5) is 0 Å². The van der Waals surface area contributed by atoms with Gasteiger partial charge in [-0.3, -0.25) is 0 Å². The van der Waals surface area contributed by atoms with Gasteiger partial charge in [0, 0.05) is 39.6 Å². The first-order valence-corrected chi connectivity index (χ1v) is 11.8. The molecule has 0 spiro atoms. The zero-order valence-electron chi connectivity index (χ0n) is 19.1. The number of furan rings is 1. The lowest BCUT2D eigenvalue weighted by Gasteiger charge is -2.08. The summed E-state index contributed by atoms with van der Waals surface area (Å²) in [6.45, 7) is 0. The molecular formula is C30H19N5O. The molecule has 0 saturated carbocycles. The van der Waals surface area contributed by atoms with Crippen molar-refractivity contribution in [1.82, 2.24) is 23.9 Å². The number of nitrogens with zero attached hydrogens (tertiary/aromatic N) is 5. The number of aromatic nitrogens is 5. The van der Waals surface area contributed by atoms with Gasteiger partial charge < -0.3 is 13.6 Å². The maximum Gasteiger partial charge on any atom is 0.159 e. The standard InChI is InChI=1S/C30H19N5O/c1-3-9-26-22(6-1)23-7-2-4-10-27(23)35(26)28-11-5-8-24-25-16-20(12-13-29(25)36-30(24)28)33-15-14-21(17-33)34-19-31-18-32-34/h1-19H. The molecule has 0 aliphatic rings. The van der Waals surface area contributed by atoms with Gasteiger partial charge in [0.1, 0.15) is 18.2 Å².